The van der Waals surface area contributed by atoms with Crippen LogP contribution < -0.4 is 4.90 Å². The van der Waals surface area contributed by atoms with Crippen molar-refractivity contribution in [2.24, 2.45) is 0 Å². The number of carbonyl (C=O) groups excluding carboxylic acids is 1. The molecule has 7 nitrogen and oxygen atoms in total. The second-order valence-electron chi connectivity index (χ2n) is 9.21. The Morgan fingerprint density at radius 1 is 1.06 bits per heavy atom. The fraction of sp³-hybridized carbons (Fsp3) is 0.500. The summed E-state index contributed by atoms with van der Waals surface area (Å²) in [6.45, 7) is 5.94. The van der Waals surface area contributed by atoms with Crippen molar-refractivity contribution in [3.05, 3.63) is 48.2 Å². The predicted octanol–water partition coefficient (Wildman–Crippen LogP) is 3.89. The highest BCUT2D eigenvalue weighted by Gasteiger charge is 2.45. The van der Waals surface area contributed by atoms with Gasteiger partial charge >= 0.3 is 6.09 Å². The van der Waals surface area contributed by atoms with E-state index in [-0.39, 0.29) is 6.09 Å². The van der Waals surface area contributed by atoms with E-state index in [0.29, 0.717) is 30.3 Å². The standard InChI is InChI=1S/C26H31N5O2/c1-2-33-26(32)31-22-8-9-23(31)16-24(15-22)29-10-12-30(13-11-29)25-20(17-27)14-21(18-28-25)19-6-4-3-5-7-19/h3-7,14,18,22-24H,2,8-13,15-16H2,1H3. The number of pyridine rings is 1. The number of amides is 1. The molecule has 0 saturated carbocycles. The van der Waals surface area contributed by atoms with Gasteiger partial charge in [-0.1, -0.05) is 30.3 Å². The van der Waals surface area contributed by atoms with E-state index in [1.807, 2.05) is 54.4 Å². The van der Waals surface area contributed by atoms with Crippen molar-refractivity contribution in [3.63, 3.8) is 0 Å². The first-order valence-electron chi connectivity index (χ1n) is 12.1. The van der Waals surface area contributed by atoms with Gasteiger partial charge in [0.15, 0.2) is 0 Å². The molecule has 0 aliphatic carbocycles. The molecule has 2 bridgehead atoms. The first kappa shape index (κ1) is 21.7. The molecule has 2 aromatic rings. The van der Waals surface area contributed by atoms with Crippen LogP contribution in [0.5, 0.6) is 0 Å². The van der Waals surface area contributed by atoms with Crippen LogP contribution in [0, 0.1) is 11.3 Å². The second kappa shape index (κ2) is 9.40. The molecule has 3 fully saturated rings. The Kier molecular flexibility index (Phi) is 6.19. The summed E-state index contributed by atoms with van der Waals surface area (Å²) in [5.41, 5.74) is 2.67. The van der Waals surface area contributed by atoms with Gasteiger partial charge in [-0.25, -0.2) is 9.78 Å². The lowest BCUT2D eigenvalue weighted by molar-refractivity contribution is 0.0396. The van der Waals surface area contributed by atoms with Crippen molar-refractivity contribution >= 4 is 11.9 Å². The summed E-state index contributed by atoms with van der Waals surface area (Å²) < 4.78 is 5.30. The molecule has 1 aromatic carbocycles. The molecule has 0 radical (unpaired) electrons. The summed E-state index contributed by atoms with van der Waals surface area (Å²) in [7, 11) is 0. The highest BCUT2D eigenvalue weighted by atomic mass is 16.6. The molecule has 0 spiro atoms. The van der Waals surface area contributed by atoms with Crippen LogP contribution in [0.25, 0.3) is 11.1 Å². The zero-order valence-corrected chi connectivity index (χ0v) is 19.2. The second-order valence-corrected chi connectivity index (χ2v) is 9.21. The molecular weight excluding hydrogens is 414 g/mol. The minimum atomic E-state index is -0.137. The molecule has 3 aliphatic rings. The Balaban J connectivity index is 1.22. The molecule has 4 heterocycles. The van der Waals surface area contributed by atoms with Crippen LogP contribution in [0.15, 0.2) is 42.6 Å². The molecule has 3 aliphatic heterocycles. The maximum Gasteiger partial charge on any atom is 0.410 e. The van der Waals surface area contributed by atoms with Crippen molar-refractivity contribution < 1.29 is 9.53 Å². The Morgan fingerprint density at radius 2 is 1.76 bits per heavy atom. The number of carbonyl (C=O) groups is 1. The van der Waals surface area contributed by atoms with Crippen molar-refractivity contribution in [2.45, 2.75) is 50.7 Å². The zero-order chi connectivity index (χ0) is 22.8. The first-order valence-corrected chi connectivity index (χ1v) is 12.1. The fourth-order valence-electron chi connectivity index (χ4n) is 5.82. The van der Waals surface area contributed by atoms with Gasteiger partial charge in [-0.2, -0.15) is 5.26 Å². The summed E-state index contributed by atoms with van der Waals surface area (Å²) in [5.74, 6) is 0.786. The van der Waals surface area contributed by atoms with E-state index in [2.05, 4.69) is 15.9 Å². The van der Waals surface area contributed by atoms with Gasteiger partial charge < -0.3 is 14.5 Å². The van der Waals surface area contributed by atoms with Gasteiger partial charge in [0.05, 0.1) is 12.2 Å². The van der Waals surface area contributed by atoms with Crippen LogP contribution in [-0.2, 0) is 4.74 Å². The number of nitrogens with zero attached hydrogens (tertiary/aromatic N) is 5. The van der Waals surface area contributed by atoms with Gasteiger partial charge in [0.1, 0.15) is 11.9 Å². The Bertz CT molecular complexity index is 1010. The van der Waals surface area contributed by atoms with Crippen LogP contribution in [0.3, 0.4) is 0 Å². The molecule has 2 atom stereocenters. The highest BCUT2D eigenvalue weighted by molar-refractivity contribution is 5.69. The smallest absolute Gasteiger partial charge is 0.410 e. The number of rotatable bonds is 4. The Hall–Kier alpha value is -3.11. The quantitative estimate of drug-likeness (QED) is 0.711. The van der Waals surface area contributed by atoms with Crippen molar-refractivity contribution in [1.82, 2.24) is 14.8 Å². The number of hydrogen-bond acceptors (Lipinski definition) is 6. The molecule has 172 valence electrons. The Labute approximate surface area is 195 Å². The highest BCUT2D eigenvalue weighted by Crippen LogP contribution is 2.38. The lowest BCUT2D eigenvalue weighted by Crippen LogP contribution is -2.56. The van der Waals surface area contributed by atoms with Gasteiger partial charge in [0.2, 0.25) is 0 Å². The third-order valence-electron chi connectivity index (χ3n) is 7.41. The van der Waals surface area contributed by atoms with Gasteiger partial charge in [0.25, 0.3) is 0 Å². The molecule has 3 saturated heterocycles. The van der Waals surface area contributed by atoms with Gasteiger partial charge in [-0.15, -0.1) is 0 Å². The summed E-state index contributed by atoms with van der Waals surface area (Å²) in [6, 6.07) is 15.5. The molecule has 1 aromatic heterocycles. The minimum absolute atomic E-state index is 0.137. The van der Waals surface area contributed by atoms with Crippen molar-refractivity contribution in [3.8, 4) is 17.2 Å². The van der Waals surface area contributed by atoms with E-state index in [1.165, 1.54) is 0 Å². The molecule has 0 N–H and O–H groups in total. The third kappa shape index (κ3) is 4.28. The average Bonchev–Trinajstić information content (AvgIpc) is 3.14. The van der Waals surface area contributed by atoms with Crippen LogP contribution >= 0.6 is 0 Å². The molecule has 2 unspecified atom stereocenters. The van der Waals surface area contributed by atoms with E-state index >= 15 is 0 Å². The number of nitriles is 1. The maximum atomic E-state index is 12.4. The number of fused-ring (bicyclic) bond motifs is 2. The number of aromatic nitrogens is 1. The van der Waals surface area contributed by atoms with Crippen molar-refractivity contribution in [2.75, 3.05) is 37.7 Å². The lowest BCUT2D eigenvalue weighted by atomic mass is 9.95. The van der Waals surface area contributed by atoms with Gasteiger partial charge in [-0.3, -0.25) is 4.90 Å². The molecule has 1 amide bonds. The zero-order valence-electron chi connectivity index (χ0n) is 19.2. The lowest BCUT2D eigenvalue weighted by Gasteiger charge is -2.45. The van der Waals surface area contributed by atoms with Crippen LogP contribution in [-0.4, -0.2) is 71.8 Å². The fourth-order valence-corrected chi connectivity index (χ4v) is 5.82. The van der Waals surface area contributed by atoms with Crippen LogP contribution in [0.1, 0.15) is 38.2 Å². The summed E-state index contributed by atoms with van der Waals surface area (Å²) in [4.78, 5) is 23.9. The van der Waals surface area contributed by atoms with E-state index in [4.69, 9.17) is 9.72 Å². The summed E-state index contributed by atoms with van der Waals surface area (Å²) in [5, 5.41) is 9.78. The molecule has 5 rings (SSSR count). The topological polar surface area (TPSA) is 72.7 Å². The average molecular weight is 446 g/mol. The third-order valence-corrected chi connectivity index (χ3v) is 7.41. The molecule has 33 heavy (non-hydrogen) atoms. The molecular formula is C26H31N5O2. The van der Waals surface area contributed by atoms with E-state index in [9.17, 15) is 10.1 Å². The summed E-state index contributed by atoms with van der Waals surface area (Å²) >= 11 is 0. The normalized spacial score (nSPS) is 25.0. The van der Waals surface area contributed by atoms with Crippen LogP contribution in [0.4, 0.5) is 10.6 Å². The van der Waals surface area contributed by atoms with Gasteiger partial charge in [0, 0.05) is 56.1 Å². The van der Waals surface area contributed by atoms with E-state index < -0.39 is 0 Å². The minimum Gasteiger partial charge on any atom is -0.450 e. The monoisotopic (exact) mass is 445 g/mol. The number of piperidine rings is 1. The molecule has 7 heteroatoms. The van der Waals surface area contributed by atoms with E-state index in [0.717, 1.165) is 68.8 Å². The van der Waals surface area contributed by atoms with Crippen LogP contribution in [0.2, 0.25) is 0 Å². The summed E-state index contributed by atoms with van der Waals surface area (Å²) in [6.07, 6.45) is 5.97. The van der Waals surface area contributed by atoms with Crippen molar-refractivity contribution in [1.29, 1.82) is 5.26 Å². The van der Waals surface area contributed by atoms with E-state index in [1.54, 1.807) is 0 Å². The number of benzene rings is 1. The maximum absolute atomic E-state index is 12.4. The number of anilines is 1. The first-order chi connectivity index (χ1) is 16.2. The largest absolute Gasteiger partial charge is 0.450 e. The SMILES string of the molecule is CCOC(=O)N1C2CCC1CC(N1CCN(c3ncc(-c4ccccc4)cc3C#N)CC1)C2. The number of ether oxygens (including phenoxy) is 1. The van der Waals surface area contributed by atoms with Gasteiger partial charge in [-0.05, 0) is 44.2 Å². The number of piperazine rings is 1. The predicted molar refractivity (Wildman–Crippen MR) is 127 cm³/mol. The number of hydrogen-bond donors (Lipinski definition) is 0. The Morgan fingerprint density at radius 3 is 2.39 bits per heavy atom.